The molecule has 2 aliphatic rings. The van der Waals surface area contributed by atoms with Crippen LogP contribution in [0.1, 0.15) is 45.6 Å². The highest BCUT2D eigenvalue weighted by Gasteiger charge is 2.46. The smallest absolute Gasteiger partial charge is 0.402 e. The molecule has 1 aromatic carbocycles. The van der Waals surface area contributed by atoms with E-state index in [4.69, 9.17) is 9.31 Å². The second kappa shape index (κ2) is 6.41. The Labute approximate surface area is 139 Å². The van der Waals surface area contributed by atoms with E-state index in [1.807, 2.05) is 25.1 Å². The number of rotatable bonds is 4. The van der Waals surface area contributed by atoms with E-state index in [1.165, 1.54) is 11.0 Å². The van der Waals surface area contributed by atoms with Gasteiger partial charge < -0.3 is 9.31 Å². The van der Waals surface area contributed by atoms with Crippen LogP contribution >= 0.6 is 0 Å². The summed E-state index contributed by atoms with van der Waals surface area (Å²) in [6.07, 6.45) is 5.48. The normalized spacial score (nSPS) is 30.3. The molecule has 0 bridgehead atoms. The maximum atomic E-state index is 13.8. The van der Waals surface area contributed by atoms with E-state index in [1.54, 1.807) is 0 Å². The zero-order chi connectivity index (χ0) is 16.5. The minimum absolute atomic E-state index is 0.0746. The van der Waals surface area contributed by atoms with Gasteiger partial charge in [-0.2, -0.15) is 0 Å². The first-order valence-electron chi connectivity index (χ1n) is 8.56. The third kappa shape index (κ3) is 3.53. The average Bonchev–Trinajstić information content (AvgIpc) is 2.82. The third-order valence-electron chi connectivity index (χ3n) is 5.47. The summed E-state index contributed by atoms with van der Waals surface area (Å²) >= 11 is 0. The number of alkyl halides is 1. The summed E-state index contributed by atoms with van der Waals surface area (Å²) in [7, 11) is -0.255. The maximum absolute atomic E-state index is 13.8. The van der Waals surface area contributed by atoms with Gasteiger partial charge in [0.15, 0.2) is 0 Å². The van der Waals surface area contributed by atoms with Crippen molar-refractivity contribution in [3.63, 3.8) is 0 Å². The van der Waals surface area contributed by atoms with Crippen LogP contribution in [0.5, 0.6) is 0 Å². The topological polar surface area (TPSA) is 18.5 Å². The van der Waals surface area contributed by atoms with Crippen molar-refractivity contribution < 1.29 is 13.7 Å². The summed E-state index contributed by atoms with van der Waals surface area (Å²) in [5, 5.41) is 0. The first-order valence-corrected chi connectivity index (χ1v) is 8.56. The van der Waals surface area contributed by atoms with Crippen molar-refractivity contribution in [2.75, 3.05) is 6.67 Å². The Balaban J connectivity index is 1.69. The van der Waals surface area contributed by atoms with Crippen molar-refractivity contribution >= 4 is 7.12 Å². The first kappa shape index (κ1) is 16.7. The fraction of sp³-hybridized carbons (Fsp3) is 0.579. The van der Waals surface area contributed by atoms with Crippen molar-refractivity contribution in [3.8, 4) is 0 Å². The highest BCUT2D eigenvalue weighted by molar-refractivity contribution is 6.54. The molecular weight excluding hydrogens is 290 g/mol. The van der Waals surface area contributed by atoms with Gasteiger partial charge in [0, 0.05) is 5.41 Å². The maximum Gasteiger partial charge on any atom is 0.490 e. The lowest BCUT2D eigenvalue weighted by Gasteiger charge is -2.34. The highest BCUT2D eigenvalue weighted by Crippen LogP contribution is 2.41. The largest absolute Gasteiger partial charge is 0.490 e. The molecular formula is C19H26BFO2. The van der Waals surface area contributed by atoms with Crippen molar-refractivity contribution in [1.82, 2.24) is 0 Å². The third-order valence-corrected chi connectivity index (χ3v) is 5.47. The van der Waals surface area contributed by atoms with E-state index in [2.05, 4.69) is 32.1 Å². The lowest BCUT2D eigenvalue weighted by Crippen LogP contribution is -2.33. The fourth-order valence-corrected chi connectivity index (χ4v) is 3.45. The molecule has 0 N–H and O–H groups in total. The Morgan fingerprint density at radius 3 is 2.52 bits per heavy atom. The second-order valence-electron chi connectivity index (χ2n) is 7.61. The minimum Gasteiger partial charge on any atom is -0.402 e. The number of allylic oxidation sites excluding steroid dienone is 2. The van der Waals surface area contributed by atoms with Gasteiger partial charge in [-0.15, -0.1) is 0 Å². The van der Waals surface area contributed by atoms with E-state index >= 15 is 0 Å². The fourth-order valence-electron chi connectivity index (χ4n) is 3.45. The number of hydrogen-bond donors (Lipinski definition) is 0. The van der Waals surface area contributed by atoms with Gasteiger partial charge in [-0.3, -0.25) is 4.39 Å². The zero-order valence-corrected chi connectivity index (χ0v) is 14.3. The molecule has 2 atom stereocenters. The quantitative estimate of drug-likeness (QED) is 0.760. The molecule has 1 aromatic rings. The molecule has 0 radical (unpaired) electrons. The van der Waals surface area contributed by atoms with Gasteiger partial charge in [0.25, 0.3) is 0 Å². The Morgan fingerprint density at radius 1 is 1.26 bits per heavy atom. The van der Waals surface area contributed by atoms with Gasteiger partial charge in [-0.05, 0) is 57.5 Å². The lowest BCUT2D eigenvalue weighted by molar-refractivity contribution is 0.0840. The predicted molar refractivity (Wildman–Crippen MR) is 92.0 cm³/mol. The van der Waals surface area contributed by atoms with Gasteiger partial charge in [0.1, 0.15) is 0 Å². The van der Waals surface area contributed by atoms with Crippen LogP contribution in [0.15, 0.2) is 41.9 Å². The van der Waals surface area contributed by atoms with Gasteiger partial charge in [-0.25, -0.2) is 0 Å². The van der Waals surface area contributed by atoms with Crippen LogP contribution in [-0.4, -0.2) is 25.5 Å². The Hall–Kier alpha value is -1.13. The van der Waals surface area contributed by atoms with Gasteiger partial charge in [0.2, 0.25) is 0 Å². The van der Waals surface area contributed by atoms with E-state index in [9.17, 15) is 4.39 Å². The highest BCUT2D eigenvalue weighted by atomic mass is 19.1. The molecule has 2 nitrogen and oxygen atoms in total. The second-order valence-corrected chi connectivity index (χ2v) is 7.61. The van der Waals surface area contributed by atoms with Gasteiger partial charge in [-0.1, -0.05) is 36.4 Å². The standard InChI is InChI=1S/C19H26BFO2/c1-15-18(2,3)23-20(22-15)17-9-11-19(14-21,12-10-17)13-16-7-5-4-6-8-16/h4-9,15H,10-14H2,1-3H3/t15?,19-/m1/s1. The lowest BCUT2D eigenvalue weighted by atomic mass is 9.64. The van der Waals surface area contributed by atoms with E-state index in [0.717, 1.165) is 25.7 Å². The van der Waals surface area contributed by atoms with Gasteiger partial charge in [0.05, 0.1) is 18.4 Å². The molecule has 1 aliphatic heterocycles. The summed E-state index contributed by atoms with van der Waals surface area (Å²) in [6.45, 7) is 5.88. The molecule has 0 aromatic heterocycles. The van der Waals surface area contributed by atoms with Crippen LogP contribution in [0, 0.1) is 5.41 Å². The summed E-state index contributed by atoms with van der Waals surface area (Å²) < 4.78 is 25.8. The molecule has 124 valence electrons. The Bertz CT molecular complexity index is 572. The van der Waals surface area contributed by atoms with Crippen LogP contribution in [0.3, 0.4) is 0 Å². The summed E-state index contributed by atoms with van der Waals surface area (Å²) in [5.74, 6) is 0. The predicted octanol–water partition coefficient (Wildman–Crippen LogP) is 4.54. The molecule has 1 aliphatic carbocycles. The molecule has 3 rings (SSSR count). The minimum atomic E-state index is -0.278. The van der Waals surface area contributed by atoms with Crippen LogP contribution in [0.2, 0.25) is 0 Å². The molecule has 1 heterocycles. The molecule has 0 amide bonds. The zero-order valence-electron chi connectivity index (χ0n) is 14.3. The first-order chi connectivity index (χ1) is 10.9. The van der Waals surface area contributed by atoms with Crippen LogP contribution in [-0.2, 0) is 15.7 Å². The molecule has 1 unspecified atom stereocenters. The Morgan fingerprint density at radius 2 is 2.00 bits per heavy atom. The van der Waals surface area contributed by atoms with Crippen LogP contribution in [0.4, 0.5) is 4.39 Å². The monoisotopic (exact) mass is 316 g/mol. The van der Waals surface area contributed by atoms with Gasteiger partial charge >= 0.3 is 7.12 Å². The van der Waals surface area contributed by atoms with Crippen molar-refractivity contribution in [2.24, 2.45) is 5.41 Å². The number of benzene rings is 1. The summed E-state index contributed by atoms with van der Waals surface area (Å²) in [6, 6.07) is 10.2. The molecule has 4 heteroatoms. The van der Waals surface area contributed by atoms with E-state index < -0.39 is 0 Å². The van der Waals surface area contributed by atoms with Crippen LogP contribution < -0.4 is 0 Å². The number of hydrogen-bond acceptors (Lipinski definition) is 2. The van der Waals surface area contributed by atoms with Crippen molar-refractivity contribution in [1.29, 1.82) is 0 Å². The Kier molecular flexibility index (Phi) is 4.66. The van der Waals surface area contributed by atoms with Crippen LogP contribution in [0.25, 0.3) is 0 Å². The molecule has 0 spiro atoms. The van der Waals surface area contributed by atoms with Crippen molar-refractivity contribution in [2.45, 2.75) is 58.2 Å². The van der Waals surface area contributed by atoms with E-state index in [0.29, 0.717) is 0 Å². The molecule has 1 fully saturated rings. The van der Waals surface area contributed by atoms with E-state index in [-0.39, 0.29) is 30.9 Å². The average molecular weight is 316 g/mol. The SMILES string of the molecule is CC1OB(C2=CC[C@](CF)(Cc3ccccc3)CC2)OC1(C)C. The number of halogens is 1. The summed E-state index contributed by atoms with van der Waals surface area (Å²) in [4.78, 5) is 0. The molecule has 23 heavy (non-hydrogen) atoms. The molecule has 1 saturated heterocycles. The molecule has 0 saturated carbocycles. The van der Waals surface area contributed by atoms with Crippen molar-refractivity contribution in [3.05, 3.63) is 47.4 Å². The summed E-state index contributed by atoms with van der Waals surface area (Å²) in [5.41, 5.74) is 1.86.